The van der Waals surface area contributed by atoms with Crippen molar-refractivity contribution < 1.29 is 18.8 Å². The molecule has 0 spiro atoms. The zero-order valence-electron chi connectivity index (χ0n) is 18.6. The minimum Gasteiger partial charge on any atom is -0.364 e. The quantitative estimate of drug-likeness (QED) is 0.586. The molecule has 1 saturated heterocycles. The molecular formula is C26H25FN4O3. The maximum Gasteiger partial charge on any atom is 0.269 e. The number of benzene rings is 2. The zero-order chi connectivity index (χ0) is 23.6. The molecule has 1 aromatic heterocycles. The predicted octanol–water partition coefficient (Wildman–Crippen LogP) is 2.97. The highest BCUT2D eigenvalue weighted by molar-refractivity contribution is 6.04. The number of amides is 2. The predicted molar refractivity (Wildman–Crippen MR) is 122 cm³/mol. The van der Waals surface area contributed by atoms with Gasteiger partial charge in [0.05, 0.1) is 11.6 Å². The first kappa shape index (κ1) is 21.0. The van der Waals surface area contributed by atoms with Crippen LogP contribution in [0.2, 0.25) is 0 Å². The summed E-state index contributed by atoms with van der Waals surface area (Å²) >= 11 is 0. The van der Waals surface area contributed by atoms with E-state index in [2.05, 4.69) is 5.10 Å². The van der Waals surface area contributed by atoms with Gasteiger partial charge in [0.15, 0.2) is 11.5 Å². The fraction of sp³-hybridized carbons (Fsp3) is 0.385. The van der Waals surface area contributed by atoms with Gasteiger partial charge in [0.25, 0.3) is 5.91 Å². The first-order valence-corrected chi connectivity index (χ1v) is 11.7. The van der Waals surface area contributed by atoms with Crippen molar-refractivity contribution in [1.82, 2.24) is 14.7 Å². The van der Waals surface area contributed by atoms with Gasteiger partial charge in [-0.25, -0.2) is 4.39 Å². The summed E-state index contributed by atoms with van der Waals surface area (Å²) in [6, 6.07) is 15.6. The molecule has 0 bridgehead atoms. The van der Waals surface area contributed by atoms with Gasteiger partial charge in [0.2, 0.25) is 5.91 Å². The van der Waals surface area contributed by atoms with Crippen LogP contribution in [0, 0.1) is 11.8 Å². The van der Waals surface area contributed by atoms with Crippen molar-refractivity contribution in [3.8, 4) is 0 Å². The number of fused-ring (bicyclic) bond motifs is 2. The van der Waals surface area contributed by atoms with E-state index in [0.717, 1.165) is 6.42 Å². The van der Waals surface area contributed by atoms with Gasteiger partial charge < -0.3 is 10.6 Å². The van der Waals surface area contributed by atoms with Crippen LogP contribution in [-0.2, 0) is 21.8 Å². The fourth-order valence-corrected chi connectivity index (χ4v) is 5.72. The number of piperidine rings is 1. The lowest BCUT2D eigenvalue weighted by atomic mass is 9.99. The van der Waals surface area contributed by atoms with E-state index in [9.17, 15) is 14.4 Å². The van der Waals surface area contributed by atoms with E-state index < -0.39 is 17.6 Å². The van der Waals surface area contributed by atoms with Crippen LogP contribution in [-0.4, -0.2) is 44.4 Å². The van der Waals surface area contributed by atoms with Crippen LogP contribution >= 0.6 is 0 Å². The molecule has 5 atom stereocenters. The largest absolute Gasteiger partial charge is 0.364 e. The van der Waals surface area contributed by atoms with Gasteiger partial charge in [-0.05, 0) is 36.8 Å². The standard InChI is InChI=1S/C26H25FN4O3/c27-26(16-6-2-1-3-7-16)13-17(26)12-22(32)21-11-15-10-20(15)31(21)23(33)14-30-19-9-5-4-8-18(19)24(29-30)25(28)34/h1-9,15,17,20-21H,10-14H2,(H2,28,34)/t15-,17?,20-,21+,26?/m1/s1. The van der Waals surface area contributed by atoms with Gasteiger partial charge in [0.1, 0.15) is 12.2 Å². The molecule has 2 unspecified atom stereocenters. The van der Waals surface area contributed by atoms with E-state index >= 15 is 4.39 Å². The van der Waals surface area contributed by atoms with Crippen molar-refractivity contribution >= 4 is 28.5 Å². The van der Waals surface area contributed by atoms with Crippen LogP contribution in [0.15, 0.2) is 54.6 Å². The van der Waals surface area contributed by atoms with E-state index in [1.165, 1.54) is 4.68 Å². The van der Waals surface area contributed by atoms with Crippen molar-refractivity contribution in [3.05, 3.63) is 65.9 Å². The number of ketones is 1. The highest BCUT2D eigenvalue weighted by Crippen LogP contribution is 2.58. The molecule has 2 heterocycles. The maximum atomic E-state index is 15.3. The SMILES string of the molecule is NC(=O)c1nn(CC(=O)N2[C@@H]3C[C@@H]3C[C@H]2C(=O)CC2CC2(F)c2ccccc2)c2ccccc12. The lowest BCUT2D eigenvalue weighted by Gasteiger charge is -2.27. The molecule has 2 aromatic carbocycles. The van der Waals surface area contributed by atoms with Crippen molar-refractivity contribution in [2.45, 2.75) is 50.0 Å². The third-order valence-corrected chi connectivity index (χ3v) is 7.67. The molecule has 2 N–H and O–H groups in total. The molecule has 8 heteroatoms. The van der Waals surface area contributed by atoms with Gasteiger partial charge in [-0.15, -0.1) is 0 Å². The molecule has 2 amide bonds. The van der Waals surface area contributed by atoms with E-state index in [4.69, 9.17) is 5.73 Å². The summed E-state index contributed by atoms with van der Waals surface area (Å²) in [7, 11) is 0. The van der Waals surface area contributed by atoms with Crippen LogP contribution in [0.1, 0.15) is 41.7 Å². The number of alkyl halides is 1. The molecule has 1 aliphatic heterocycles. The van der Waals surface area contributed by atoms with Crippen LogP contribution in [0.3, 0.4) is 0 Å². The van der Waals surface area contributed by atoms with Gasteiger partial charge in [-0.1, -0.05) is 48.5 Å². The molecule has 2 saturated carbocycles. The summed E-state index contributed by atoms with van der Waals surface area (Å²) < 4.78 is 16.8. The monoisotopic (exact) mass is 460 g/mol. The minimum absolute atomic E-state index is 0.0577. The molecule has 3 aliphatic rings. The van der Waals surface area contributed by atoms with E-state index in [1.807, 2.05) is 6.07 Å². The first-order valence-electron chi connectivity index (χ1n) is 11.7. The average molecular weight is 461 g/mol. The number of Topliss-reactive ketones (excluding diaryl/α,β-unsaturated/α-hetero) is 1. The maximum absolute atomic E-state index is 15.3. The molecule has 34 heavy (non-hydrogen) atoms. The van der Waals surface area contributed by atoms with Crippen molar-refractivity contribution in [2.24, 2.45) is 17.6 Å². The molecule has 3 fully saturated rings. The summed E-state index contributed by atoms with van der Waals surface area (Å²) in [5, 5.41) is 4.87. The van der Waals surface area contributed by atoms with E-state index in [0.29, 0.717) is 35.2 Å². The lowest BCUT2D eigenvalue weighted by Crippen LogP contribution is -2.45. The fourth-order valence-electron chi connectivity index (χ4n) is 5.72. The number of aromatic nitrogens is 2. The Labute approximate surface area is 195 Å². The van der Waals surface area contributed by atoms with Gasteiger partial charge in [-0.3, -0.25) is 19.1 Å². The summed E-state index contributed by atoms with van der Waals surface area (Å²) in [5.41, 5.74) is 5.39. The second-order valence-corrected chi connectivity index (χ2v) is 9.80. The topological polar surface area (TPSA) is 98.3 Å². The second kappa shape index (κ2) is 7.48. The Morgan fingerprint density at radius 1 is 1.06 bits per heavy atom. The highest BCUT2D eigenvalue weighted by atomic mass is 19.1. The molecule has 7 nitrogen and oxygen atoms in total. The zero-order valence-corrected chi connectivity index (χ0v) is 18.6. The summed E-state index contributed by atoms with van der Waals surface area (Å²) in [6.45, 7) is -0.0821. The molecule has 174 valence electrons. The Morgan fingerprint density at radius 2 is 1.79 bits per heavy atom. The van der Waals surface area contributed by atoms with Crippen molar-refractivity contribution in [2.75, 3.05) is 0 Å². The number of hydrogen-bond donors (Lipinski definition) is 1. The number of nitrogens with two attached hydrogens (primary N) is 1. The number of likely N-dealkylation sites (tertiary alicyclic amines) is 1. The minimum atomic E-state index is -1.45. The smallest absolute Gasteiger partial charge is 0.269 e. The summed E-state index contributed by atoms with van der Waals surface area (Å²) in [4.78, 5) is 40.1. The van der Waals surface area contributed by atoms with Gasteiger partial charge in [-0.2, -0.15) is 5.10 Å². The molecule has 3 aromatic rings. The molecule has 0 radical (unpaired) electrons. The highest BCUT2D eigenvalue weighted by Gasteiger charge is 2.60. The third-order valence-electron chi connectivity index (χ3n) is 7.67. The Bertz CT molecular complexity index is 1320. The van der Waals surface area contributed by atoms with Crippen LogP contribution in [0.4, 0.5) is 4.39 Å². The van der Waals surface area contributed by atoms with Gasteiger partial charge in [0, 0.05) is 23.8 Å². The number of para-hydroxylation sites is 1. The number of nitrogens with zero attached hydrogens (tertiary/aromatic N) is 3. The lowest BCUT2D eigenvalue weighted by molar-refractivity contribution is -0.139. The number of carbonyl (C=O) groups excluding carboxylic acids is 3. The summed E-state index contributed by atoms with van der Waals surface area (Å²) in [6.07, 6.45) is 2.00. The molecule has 6 rings (SSSR count). The average Bonchev–Trinajstić information content (AvgIpc) is 3.65. The van der Waals surface area contributed by atoms with Crippen molar-refractivity contribution in [1.29, 1.82) is 0 Å². The van der Waals surface area contributed by atoms with E-state index in [1.54, 1.807) is 53.4 Å². The number of primary amides is 1. The Morgan fingerprint density at radius 3 is 2.56 bits per heavy atom. The summed E-state index contributed by atoms with van der Waals surface area (Å²) in [5.74, 6) is -0.944. The molecular weight excluding hydrogens is 435 g/mol. The second-order valence-electron chi connectivity index (χ2n) is 9.80. The van der Waals surface area contributed by atoms with E-state index in [-0.39, 0.29) is 42.3 Å². The number of hydrogen-bond acceptors (Lipinski definition) is 4. The van der Waals surface area contributed by atoms with Gasteiger partial charge >= 0.3 is 0 Å². The Balaban J connectivity index is 1.19. The normalized spacial score (nSPS) is 29.1. The Hall–Kier alpha value is -3.55. The first-order chi connectivity index (χ1) is 16.4. The number of carbonyl (C=O) groups is 3. The van der Waals surface area contributed by atoms with Crippen LogP contribution in [0.5, 0.6) is 0 Å². The number of rotatable bonds is 7. The van der Waals surface area contributed by atoms with Crippen LogP contribution in [0.25, 0.3) is 10.9 Å². The van der Waals surface area contributed by atoms with Crippen molar-refractivity contribution in [3.63, 3.8) is 0 Å². The molecule has 2 aliphatic carbocycles. The number of halogens is 1. The Kier molecular flexibility index (Phi) is 4.62. The van der Waals surface area contributed by atoms with Crippen LogP contribution < -0.4 is 5.73 Å². The third kappa shape index (κ3) is 3.31.